The van der Waals surface area contributed by atoms with Crippen molar-refractivity contribution in [3.05, 3.63) is 60.2 Å². The van der Waals surface area contributed by atoms with Crippen molar-refractivity contribution in [1.82, 2.24) is 0 Å². The van der Waals surface area contributed by atoms with E-state index < -0.39 is 0 Å². The molecule has 0 bridgehead atoms. The minimum absolute atomic E-state index is 0. The van der Waals surface area contributed by atoms with Gasteiger partial charge in [0.15, 0.2) is 0 Å². The molecule has 0 aliphatic rings. The van der Waals surface area contributed by atoms with Crippen LogP contribution in [0.1, 0.15) is 57.4 Å². The molecule has 0 aliphatic heterocycles. The Balaban J connectivity index is 0.000000507. The summed E-state index contributed by atoms with van der Waals surface area (Å²) in [6, 6.07) is 18.7. The van der Waals surface area contributed by atoms with E-state index in [2.05, 4.69) is 31.2 Å². The van der Waals surface area contributed by atoms with Crippen molar-refractivity contribution >= 4 is 0 Å². The molecule has 1 heteroatoms. The molecule has 2 rings (SSSR count). The van der Waals surface area contributed by atoms with Gasteiger partial charge in [-0.05, 0) is 0 Å². The van der Waals surface area contributed by atoms with Crippen LogP contribution in [-0.2, 0) is 23.5 Å². The second-order valence-electron chi connectivity index (χ2n) is 5.13. The molecule has 0 unspecified atom stereocenters. The fourth-order valence-electron chi connectivity index (χ4n) is 2.19. The monoisotopic (exact) mass is 312 g/mol. The number of rotatable bonds is 8. The molecule has 0 saturated carbocycles. The number of aryl methyl sites for hydroxylation is 1. The second-order valence-corrected chi connectivity index (χ2v) is 5.13. The molecule has 20 heavy (non-hydrogen) atoms. The van der Waals surface area contributed by atoms with Crippen LogP contribution in [0.4, 0.5) is 0 Å². The molecule has 0 spiro atoms. The molecule has 0 N–H and O–H groups in total. The summed E-state index contributed by atoms with van der Waals surface area (Å²) in [5.74, 6) is 0. The van der Waals surface area contributed by atoms with E-state index in [1.807, 2.05) is 30.3 Å². The van der Waals surface area contributed by atoms with Crippen molar-refractivity contribution in [1.29, 1.82) is 0 Å². The molecular weight excluding hydrogens is 284 g/mol. The zero-order valence-electron chi connectivity index (χ0n) is 12.7. The maximum Gasteiger partial charge on any atom is 2.00 e. The van der Waals surface area contributed by atoms with Crippen LogP contribution in [0.2, 0.25) is 0 Å². The zero-order valence-corrected chi connectivity index (χ0v) is 13.8. The normalized spacial score (nSPS) is 9.45. The van der Waals surface area contributed by atoms with E-state index in [1.165, 1.54) is 56.9 Å². The predicted molar refractivity (Wildman–Crippen MR) is 85.8 cm³/mol. The molecule has 0 aliphatic carbocycles. The zero-order chi connectivity index (χ0) is 13.6. The number of hydrogen-bond donors (Lipinski definition) is 0. The van der Waals surface area contributed by atoms with Gasteiger partial charge in [-0.15, -0.1) is 0 Å². The van der Waals surface area contributed by atoms with E-state index in [-0.39, 0.29) is 17.1 Å². The summed E-state index contributed by atoms with van der Waals surface area (Å²) in [4.78, 5) is 0. The Morgan fingerprint density at radius 2 is 1.45 bits per heavy atom. The minimum atomic E-state index is 0. The van der Waals surface area contributed by atoms with E-state index in [0.717, 1.165) is 0 Å². The summed E-state index contributed by atoms with van der Waals surface area (Å²) in [5, 5.41) is 0. The Morgan fingerprint density at radius 1 is 0.800 bits per heavy atom. The first-order chi connectivity index (χ1) is 9.43. The molecule has 2 aromatic carbocycles. The molecule has 2 aromatic rings. The molecule has 0 radical (unpaired) electrons. The van der Waals surface area contributed by atoms with Crippen molar-refractivity contribution in [3.8, 4) is 0 Å². The third-order valence-electron chi connectivity index (χ3n) is 3.36. The first-order valence-corrected chi connectivity index (χ1v) is 7.80. The third kappa shape index (κ3) is 11.1. The third-order valence-corrected chi connectivity index (χ3v) is 3.36. The van der Waals surface area contributed by atoms with Crippen molar-refractivity contribution in [2.75, 3.05) is 0 Å². The Bertz CT molecular complexity index is 328. The van der Waals surface area contributed by atoms with Gasteiger partial charge in [0.1, 0.15) is 0 Å². The van der Waals surface area contributed by atoms with E-state index in [9.17, 15) is 0 Å². The molecule has 0 heterocycles. The average molecular weight is 312 g/mol. The fraction of sp³-hybridized carbons (Fsp3) is 0.474. The van der Waals surface area contributed by atoms with Crippen LogP contribution in [-0.4, -0.2) is 0 Å². The van der Waals surface area contributed by atoms with Crippen molar-refractivity contribution in [2.45, 2.75) is 58.3 Å². The quantitative estimate of drug-likeness (QED) is 0.314. The molecule has 112 valence electrons. The summed E-state index contributed by atoms with van der Waals surface area (Å²) in [7, 11) is 0. The van der Waals surface area contributed by atoms with Crippen LogP contribution >= 0.6 is 0 Å². The number of unbranched alkanes of at least 4 members (excludes halogenated alkanes) is 6. The van der Waals surface area contributed by atoms with E-state index in [4.69, 9.17) is 0 Å². The van der Waals surface area contributed by atoms with Crippen LogP contribution in [0.5, 0.6) is 0 Å². The van der Waals surface area contributed by atoms with Crippen LogP contribution in [0.25, 0.3) is 0 Å². The molecule has 0 atom stereocenters. The van der Waals surface area contributed by atoms with Gasteiger partial charge < -0.3 is 0 Å². The average Bonchev–Trinajstić information content (AvgIpc) is 3.13. The van der Waals surface area contributed by atoms with Gasteiger partial charge in [-0.25, -0.2) is 24.3 Å². The van der Waals surface area contributed by atoms with Gasteiger partial charge in [0.05, 0.1) is 0 Å². The van der Waals surface area contributed by atoms with E-state index in [1.54, 1.807) is 0 Å². The number of hydrogen-bond acceptors (Lipinski definition) is 0. The maximum absolute atomic E-state index is 2.27. The van der Waals surface area contributed by atoms with Crippen LogP contribution in [0.3, 0.4) is 0 Å². The van der Waals surface area contributed by atoms with Crippen molar-refractivity contribution in [3.63, 3.8) is 0 Å². The Morgan fingerprint density at radius 3 is 1.95 bits per heavy atom. The van der Waals surface area contributed by atoms with Gasteiger partial charge in [0.25, 0.3) is 0 Å². The van der Waals surface area contributed by atoms with Crippen LogP contribution in [0, 0.1) is 0 Å². The van der Waals surface area contributed by atoms with Gasteiger partial charge >= 0.3 is 17.1 Å². The smallest absolute Gasteiger partial charge is 0.214 e. The molecule has 0 saturated heterocycles. The predicted octanol–water partition coefficient (Wildman–Crippen LogP) is 6.10. The summed E-state index contributed by atoms with van der Waals surface area (Å²) >= 11 is 0. The van der Waals surface area contributed by atoms with Gasteiger partial charge in [-0.2, -0.15) is 35.9 Å². The second kappa shape index (κ2) is 14.6. The standard InChI is InChI=1S/C14H23.C5H5.Fe/c1-2-3-4-5-6-7-8-11-14-12-9-10-13-14;1-2-4-5-3-1;/h9-10,12-13H,2-8,11H2,1H3;1-5H;/q2*-1;+2. The van der Waals surface area contributed by atoms with E-state index >= 15 is 0 Å². The van der Waals surface area contributed by atoms with Crippen LogP contribution < -0.4 is 0 Å². The molecular formula is C19H28Fe. The summed E-state index contributed by atoms with van der Waals surface area (Å²) in [5.41, 5.74) is 1.51. The van der Waals surface area contributed by atoms with Gasteiger partial charge in [0.2, 0.25) is 0 Å². The van der Waals surface area contributed by atoms with Gasteiger partial charge in [-0.1, -0.05) is 58.3 Å². The Labute approximate surface area is 135 Å². The van der Waals surface area contributed by atoms with Crippen molar-refractivity contribution in [2.24, 2.45) is 0 Å². The maximum atomic E-state index is 2.27. The molecule has 0 fully saturated rings. The molecule has 0 aromatic heterocycles. The first kappa shape index (κ1) is 19.2. The molecule has 0 amide bonds. The van der Waals surface area contributed by atoms with Crippen LogP contribution in [0.15, 0.2) is 54.6 Å². The Hall–Kier alpha value is -0.781. The summed E-state index contributed by atoms with van der Waals surface area (Å²) in [6.45, 7) is 2.27. The largest absolute Gasteiger partial charge is 2.00 e. The summed E-state index contributed by atoms with van der Waals surface area (Å²) < 4.78 is 0. The topological polar surface area (TPSA) is 0 Å². The van der Waals surface area contributed by atoms with Crippen molar-refractivity contribution < 1.29 is 17.1 Å². The SMILES string of the molecule is CCCCCCCCCc1ccc[cH-]1.[Fe+2].c1cc[cH-]c1. The first-order valence-electron chi connectivity index (χ1n) is 7.80. The summed E-state index contributed by atoms with van der Waals surface area (Å²) in [6.07, 6.45) is 11.1. The Kier molecular flexibility index (Phi) is 14.1. The van der Waals surface area contributed by atoms with E-state index in [0.29, 0.717) is 0 Å². The fourth-order valence-corrected chi connectivity index (χ4v) is 2.19. The molecule has 0 nitrogen and oxygen atoms in total. The van der Waals surface area contributed by atoms with Gasteiger partial charge in [0, 0.05) is 0 Å². The minimum Gasteiger partial charge on any atom is -0.214 e. The van der Waals surface area contributed by atoms with Gasteiger partial charge in [-0.3, -0.25) is 0 Å².